The van der Waals surface area contributed by atoms with Gasteiger partial charge in [-0.1, -0.05) is 177 Å². The van der Waals surface area contributed by atoms with Gasteiger partial charge < -0.3 is 33.0 Å². The van der Waals surface area contributed by atoms with E-state index >= 15 is 0 Å². The lowest BCUT2D eigenvalue weighted by Crippen LogP contribution is -2.37. The average molecular weight is 852 g/mol. The molecule has 0 saturated carbocycles. The number of likely N-dealkylation sites (N-methyl/N-ethyl adjacent to an activating group) is 1. The van der Waals surface area contributed by atoms with Crippen molar-refractivity contribution in [2.45, 2.75) is 187 Å². The number of aliphatic hydroxyl groups is 1. The molecule has 0 rings (SSSR count). The molecule has 0 aliphatic heterocycles. The Morgan fingerprint density at radius 1 is 0.644 bits per heavy atom. The summed E-state index contributed by atoms with van der Waals surface area (Å²) in [6.45, 7) is 3.96. The third-order valence-electron chi connectivity index (χ3n) is 9.63. The van der Waals surface area contributed by atoms with Crippen LogP contribution >= 0.6 is 7.82 Å². The van der Waals surface area contributed by atoms with Crippen LogP contribution < -0.4 is 4.89 Å². The second-order valence-corrected chi connectivity index (χ2v) is 18.0. The van der Waals surface area contributed by atoms with Gasteiger partial charge >= 0.3 is 11.9 Å². The lowest BCUT2D eigenvalue weighted by Gasteiger charge is -2.28. The molecule has 0 spiro atoms. The van der Waals surface area contributed by atoms with Crippen molar-refractivity contribution in [3.05, 3.63) is 60.8 Å². The Morgan fingerprint density at radius 2 is 1.19 bits per heavy atom. The number of allylic oxidation sites excluding steroid dienone is 8. The van der Waals surface area contributed by atoms with Crippen molar-refractivity contribution < 1.29 is 47.2 Å². The highest BCUT2D eigenvalue weighted by Gasteiger charge is 2.21. The summed E-state index contributed by atoms with van der Waals surface area (Å²) in [5, 5.41) is 10.0. The number of nitrogens with zero attached hydrogens (tertiary/aromatic N) is 1. The first kappa shape index (κ1) is 56.7. The normalized spacial score (nSPS) is 14.6. The Morgan fingerprint density at radius 3 is 1.78 bits per heavy atom. The molecule has 0 saturated heterocycles. The van der Waals surface area contributed by atoms with Gasteiger partial charge in [0.15, 0.2) is 6.10 Å². The van der Waals surface area contributed by atoms with Gasteiger partial charge in [0.25, 0.3) is 7.82 Å². The van der Waals surface area contributed by atoms with Crippen molar-refractivity contribution in [3.63, 3.8) is 0 Å². The summed E-state index contributed by atoms with van der Waals surface area (Å²) in [4.78, 5) is 37.6. The number of phosphoric ester groups is 1. The fourth-order valence-electron chi connectivity index (χ4n) is 6.01. The van der Waals surface area contributed by atoms with Crippen LogP contribution in [0.15, 0.2) is 60.8 Å². The predicted molar refractivity (Wildman–Crippen MR) is 242 cm³/mol. The lowest BCUT2D eigenvalue weighted by molar-refractivity contribution is -0.870. The van der Waals surface area contributed by atoms with E-state index in [0.29, 0.717) is 43.1 Å². The average Bonchev–Trinajstić information content (AvgIpc) is 3.18. The first-order valence-electron chi connectivity index (χ1n) is 23.1. The standard InChI is InChI=1S/C48H86NO9P/c1-6-8-10-12-14-15-16-17-18-19-20-21-22-23-27-31-35-39-47(51)55-43-46(44-57-59(53,54)56-42-41-49(3,4)5)58-48(52)40-36-32-28-25-24-26-30-34-38-45(50)37-33-29-13-11-9-7-2/h9,11,25-26,28-30,33-34,38,45-46,50H,6-8,10,12-24,27,31-32,35-37,39-44H2,1-5H3/b11-9-,28-25-,30-26-,33-29-,38-34+/t45?,46-/m1/s1. The fraction of sp³-hybridized carbons (Fsp3) is 0.750. The van der Waals surface area contributed by atoms with E-state index in [4.69, 9.17) is 18.5 Å². The molecule has 0 amide bonds. The van der Waals surface area contributed by atoms with Crippen LogP contribution in [0, 0.1) is 0 Å². The fourth-order valence-corrected chi connectivity index (χ4v) is 6.74. The summed E-state index contributed by atoms with van der Waals surface area (Å²) >= 11 is 0. The van der Waals surface area contributed by atoms with Gasteiger partial charge in [-0.05, 0) is 44.9 Å². The van der Waals surface area contributed by atoms with Crippen molar-refractivity contribution in [1.29, 1.82) is 0 Å². The number of hydrogen-bond donors (Lipinski definition) is 1. The molecule has 0 aliphatic rings. The number of aliphatic hydroxyl groups excluding tert-OH is 1. The van der Waals surface area contributed by atoms with E-state index in [0.717, 1.165) is 25.7 Å². The third kappa shape index (κ3) is 43.6. The number of carbonyl (C=O) groups excluding carboxylic acids is 2. The van der Waals surface area contributed by atoms with Crippen LogP contribution in [-0.4, -0.2) is 81.2 Å². The van der Waals surface area contributed by atoms with Crippen LogP contribution in [0.1, 0.15) is 174 Å². The second-order valence-electron chi connectivity index (χ2n) is 16.6. The molecule has 0 heterocycles. The first-order valence-corrected chi connectivity index (χ1v) is 24.6. The molecule has 0 aromatic carbocycles. The number of unbranched alkanes of at least 4 members (excludes halogenated alkanes) is 17. The van der Waals surface area contributed by atoms with Crippen molar-refractivity contribution in [2.75, 3.05) is 47.5 Å². The SMILES string of the molecule is CC/C=C\C/C=C\CC(O)/C=C/C=C\C/C=C\CCCC(=O)O[C@H](COC(=O)CCCCCCCCCCCCCCCCCCC)COP(=O)([O-])OCC[N+](C)(C)C. The largest absolute Gasteiger partial charge is 0.756 e. The van der Waals surface area contributed by atoms with Gasteiger partial charge in [0, 0.05) is 12.8 Å². The lowest BCUT2D eigenvalue weighted by atomic mass is 10.0. The number of esters is 2. The molecular formula is C48H86NO9P. The van der Waals surface area contributed by atoms with Gasteiger partial charge in [-0.25, -0.2) is 0 Å². The number of quaternary nitrogens is 1. The number of ether oxygens (including phenoxy) is 2. The smallest absolute Gasteiger partial charge is 0.306 e. The molecule has 0 aromatic heterocycles. The van der Waals surface area contributed by atoms with Crippen LogP contribution in [0.4, 0.5) is 0 Å². The maximum absolute atomic E-state index is 12.7. The van der Waals surface area contributed by atoms with Gasteiger partial charge in [-0.15, -0.1) is 0 Å². The number of rotatable bonds is 41. The molecular weight excluding hydrogens is 766 g/mol. The molecule has 342 valence electrons. The molecule has 3 atom stereocenters. The molecule has 0 bridgehead atoms. The summed E-state index contributed by atoms with van der Waals surface area (Å²) in [7, 11) is 1.09. The minimum absolute atomic E-state index is 0.0539. The predicted octanol–water partition coefficient (Wildman–Crippen LogP) is 11.6. The van der Waals surface area contributed by atoms with E-state index in [9.17, 15) is 24.2 Å². The quantitative estimate of drug-likeness (QED) is 0.0159. The highest BCUT2D eigenvalue weighted by atomic mass is 31.2. The molecule has 2 unspecified atom stereocenters. The van der Waals surface area contributed by atoms with E-state index in [1.54, 1.807) is 6.08 Å². The van der Waals surface area contributed by atoms with Crippen molar-refractivity contribution in [3.8, 4) is 0 Å². The van der Waals surface area contributed by atoms with Crippen LogP contribution in [0.2, 0.25) is 0 Å². The summed E-state index contributed by atoms with van der Waals surface area (Å²) in [5.41, 5.74) is 0. The summed E-state index contributed by atoms with van der Waals surface area (Å²) in [6.07, 6.45) is 44.3. The molecule has 0 radical (unpaired) electrons. The van der Waals surface area contributed by atoms with E-state index in [2.05, 4.69) is 32.1 Å². The van der Waals surface area contributed by atoms with Crippen molar-refractivity contribution >= 4 is 19.8 Å². The summed E-state index contributed by atoms with van der Waals surface area (Å²) < 4.78 is 33.8. The topological polar surface area (TPSA) is 131 Å². The highest BCUT2D eigenvalue weighted by Crippen LogP contribution is 2.38. The Hall–Kier alpha value is -2.33. The molecule has 10 nitrogen and oxygen atoms in total. The van der Waals surface area contributed by atoms with Crippen molar-refractivity contribution in [1.82, 2.24) is 0 Å². The minimum atomic E-state index is -4.66. The zero-order valence-electron chi connectivity index (χ0n) is 38.0. The van der Waals surface area contributed by atoms with E-state index in [1.807, 2.05) is 57.6 Å². The van der Waals surface area contributed by atoms with E-state index in [1.165, 1.54) is 89.9 Å². The van der Waals surface area contributed by atoms with Crippen LogP contribution in [0.25, 0.3) is 0 Å². The molecule has 0 fully saturated rings. The number of carbonyl (C=O) groups is 2. The molecule has 59 heavy (non-hydrogen) atoms. The highest BCUT2D eigenvalue weighted by molar-refractivity contribution is 7.45. The summed E-state index contributed by atoms with van der Waals surface area (Å²) in [5.74, 6) is -0.940. The molecule has 0 aromatic rings. The Labute approximate surface area is 360 Å². The minimum Gasteiger partial charge on any atom is -0.756 e. The molecule has 1 N–H and O–H groups in total. The Balaban J connectivity index is 4.47. The maximum Gasteiger partial charge on any atom is 0.306 e. The van der Waals surface area contributed by atoms with Crippen molar-refractivity contribution in [2.24, 2.45) is 0 Å². The van der Waals surface area contributed by atoms with Gasteiger partial charge in [0.2, 0.25) is 0 Å². The molecule has 0 aliphatic carbocycles. The Bertz CT molecular complexity index is 1210. The van der Waals surface area contributed by atoms with Gasteiger partial charge in [-0.2, -0.15) is 0 Å². The van der Waals surface area contributed by atoms with Crippen LogP contribution in [0.5, 0.6) is 0 Å². The maximum atomic E-state index is 12.7. The van der Waals surface area contributed by atoms with Crippen LogP contribution in [0.3, 0.4) is 0 Å². The van der Waals surface area contributed by atoms with Crippen LogP contribution in [-0.2, 0) is 32.7 Å². The van der Waals surface area contributed by atoms with E-state index in [-0.39, 0.29) is 26.1 Å². The first-order chi connectivity index (χ1) is 28.4. The second kappa shape index (κ2) is 39.8. The third-order valence-corrected chi connectivity index (χ3v) is 10.6. The zero-order valence-corrected chi connectivity index (χ0v) is 38.9. The zero-order chi connectivity index (χ0) is 43.7. The summed E-state index contributed by atoms with van der Waals surface area (Å²) in [6, 6.07) is 0. The number of phosphoric acid groups is 1. The van der Waals surface area contributed by atoms with Gasteiger partial charge in [-0.3, -0.25) is 14.2 Å². The van der Waals surface area contributed by atoms with Gasteiger partial charge in [0.1, 0.15) is 19.8 Å². The van der Waals surface area contributed by atoms with E-state index < -0.39 is 38.6 Å². The Kier molecular flexibility index (Phi) is 38.2. The number of hydrogen-bond acceptors (Lipinski definition) is 9. The monoisotopic (exact) mass is 852 g/mol. The molecule has 11 heteroatoms. The van der Waals surface area contributed by atoms with Gasteiger partial charge in [0.05, 0.1) is 33.9 Å².